The van der Waals surface area contributed by atoms with Gasteiger partial charge in [-0.05, 0) is 32.6 Å². The quantitative estimate of drug-likeness (QED) is 0.196. The number of carbonyl (C=O) groups excluding carboxylic acids is 3. The number of phenols is 1. The Hall–Kier alpha value is -2.96. The zero-order valence-electron chi connectivity index (χ0n) is 18.4. The van der Waals surface area contributed by atoms with Gasteiger partial charge in [-0.2, -0.15) is 0 Å². The second-order valence-corrected chi connectivity index (χ2v) is 9.06. The summed E-state index contributed by atoms with van der Waals surface area (Å²) in [6.45, 7) is 1.25. The van der Waals surface area contributed by atoms with E-state index in [1.165, 1.54) is 44.1 Å². The Morgan fingerprint density at radius 1 is 1.12 bits per heavy atom. The predicted molar refractivity (Wildman–Crippen MR) is 112 cm³/mol. The lowest BCUT2D eigenvalue weighted by molar-refractivity contribution is -0.181. The van der Waals surface area contributed by atoms with Crippen molar-refractivity contribution in [3.63, 3.8) is 0 Å². The van der Waals surface area contributed by atoms with Gasteiger partial charge in [0.2, 0.25) is 5.78 Å². The van der Waals surface area contributed by atoms with Crippen LogP contribution in [0.1, 0.15) is 18.1 Å². The van der Waals surface area contributed by atoms with Crippen LogP contribution in [0.4, 0.5) is 0 Å². The van der Waals surface area contributed by atoms with Crippen molar-refractivity contribution in [1.82, 2.24) is 4.90 Å². The molecule has 6 atom stereocenters. The number of fused-ring (bicyclic) bond motifs is 3. The molecule has 2 unspecified atom stereocenters. The third kappa shape index (κ3) is 2.88. The van der Waals surface area contributed by atoms with Gasteiger partial charge in [0, 0.05) is 0 Å². The van der Waals surface area contributed by atoms with Crippen LogP contribution in [0.25, 0.3) is 5.76 Å². The number of primary amides is 1. The summed E-state index contributed by atoms with van der Waals surface area (Å²) in [6.07, 6.45) is -1.87. The monoisotopic (exact) mass is 495 g/mol. The van der Waals surface area contributed by atoms with Crippen LogP contribution in [0.5, 0.6) is 5.75 Å². The highest BCUT2D eigenvalue weighted by Gasteiger charge is 2.70. The van der Waals surface area contributed by atoms with Gasteiger partial charge in [-0.3, -0.25) is 19.3 Å². The number of aliphatic hydroxyl groups excluding tert-OH is 3. The van der Waals surface area contributed by atoms with Crippen LogP contribution in [0.15, 0.2) is 35.1 Å². The van der Waals surface area contributed by atoms with Crippen LogP contribution in [-0.2, 0) is 20.0 Å². The van der Waals surface area contributed by atoms with E-state index in [1.807, 2.05) is 0 Å². The molecule has 1 saturated carbocycles. The molecule has 12 heteroatoms. The highest BCUT2D eigenvalue weighted by Crippen LogP contribution is 2.57. The number of nitrogens with zero attached hydrogens (tertiary/aromatic N) is 1. The maximum Gasteiger partial charge on any atom is 0.255 e. The van der Waals surface area contributed by atoms with Gasteiger partial charge in [-0.25, -0.2) is 0 Å². The molecular formula is C22H24ClN2O9-. The molecule has 0 bridgehead atoms. The summed E-state index contributed by atoms with van der Waals surface area (Å²) in [5, 5.41) is 66.3. The summed E-state index contributed by atoms with van der Waals surface area (Å²) in [4.78, 5) is 39.9. The largest absolute Gasteiger partial charge is 1.00 e. The number of phenolic OH excluding ortho intramolecular Hbond substituents is 1. The lowest BCUT2D eigenvalue weighted by atomic mass is 9.53. The highest BCUT2D eigenvalue weighted by molar-refractivity contribution is 6.24. The molecule has 1 aromatic rings. The van der Waals surface area contributed by atoms with Crippen LogP contribution in [0.3, 0.4) is 0 Å². The Labute approximate surface area is 199 Å². The molecule has 3 aliphatic carbocycles. The molecule has 0 aliphatic heterocycles. The van der Waals surface area contributed by atoms with Crippen LogP contribution in [-0.4, -0.2) is 84.9 Å². The fraction of sp³-hybridized carbons (Fsp3) is 0.409. The van der Waals surface area contributed by atoms with E-state index < -0.39 is 81.1 Å². The second-order valence-electron chi connectivity index (χ2n) is 9.06. The number of amides is 1. The van der Waals surface area contributed by atoms with Gasteiger partial charge >= 0.3 is 0 Å². The number of halogens is 1. The average molecular weight is 496 g/mol. The molecule has 1 fully saturated rings. The molecule has 3 aliphatic rings. The zero-order chi connectivity index (χ0) is 24.8. The zero-order valence-corrected chi connectivity index (χ0v) is 19.1. The summed E-state index contributed by atoms with van der Waals surface area (Å²) in [5.74, 6) is -9.67. The number of hydrogen-bond donors (Lipinski definition) is 7. The maximum absolute atomic E-state index is 13.7. The van der Waals surface area contributed by atoms with Crippen molar-refractivity contribution in [2.75, 3.05) is 14.1 Å². The molecule has 1 amide bonds. The first-order valence-corrected chi connectivity index (χ1v) is 10.1. The first-order valence-electron chi connectivity index (χ1n) is 10.1. The molecule has 0 aromatic heterocycles. The van der Waals surface area contributed by atoms with Gasteiger partial charge < -0.3 is 48.8 Å². The van der Waals surface area contributed by atoms with Crippen molar-refractivity contribution < 1.29 is 57.4 Å². The lowest BCUT2D eigenvalue weighted by Gasteiger charge is -2.55. The second kappa shape index (κ2) is 7.79. The van der Waals surface area contributed by atoms with E-state index in [9.17, 15) is 45.0 Å². The molecular weight excluding hydrogens is 472 g/mol. The van der Waals surface area contributed by atoms with E-state index in [0.717, 1.165) is 0 Å². The summed E-state index contributed by atoms with van der Waals surface area (Å²) >= 11 is 0. The molecule has 11 nitrogen and oxygen atoms in total. The van der Waals surface area contributed by atoms with Crippen molar-refractivity contribution in [2.24, 2.45) is 17.6 Å². The van der Waals surface area contributed by atoms with Crippen LogP contribution >= 0.6 is 0 Å². The Kier molecular flexibility index (Phi) is 5.88. The molecule has 0 radical (unpaired) electrons. The molecule has 0 heterocycles. The third-order valence-electron chi connectivity index (χ3n) is 7.03. The average Bonchev–Trinajstić information content (AvgIpc) is 2.70. The number of likely N-dealkylation sites (N-methyl/N-ethyl adjacent to an activating group) is 1. The Morgan fingerprint density at radius 2 is 1.71 bits per heavy atom. The normalized spacial score (nSPS) is 34.9. The Morgan fingerprint density at radius 3 is 2.24 bits per heavy atom. The van der Waals surface area contributed by atoms with Gasteiger partial charge in [0.15, 0.2) is 11.4 Å². The minimum atomic E-state index is -3.02. The molecule has 0 spiro atoms. The number of carbonyl (C=O) groups is 3. The molecule has 8 N–H and O–H groups in total. The Bertz CT molecular complexity index is 1190. The number of hydrogen-bond acceptors (Lipinski definition) is 10. The fourth-order valence-electron chi connectivity index (χ4n) is 5.60. The number of aromatic hydroxyl groups is 1. The molecule has 184 valence electrons. The van der Waals surface area contributed by atoms with Gasteiger partial charge in [0.1, 0.15) is 22.8 Å². The van der Waals surface area contributed by atoms with Gasteiger partial charge in [0.25, 0.3) is 5.91 Å². The first kappa shape index (κ1) is 25.7. The van der Waals surface area contributed by atoms with E-state index in [4.69, 9.17) is 5.73 Å². The van der Waals surface area contributed by atoms with E-state index >= 15 is 0 Å². The smallest absolute Gasteiger partial charge is 0.255 e. The maximum atomic E-state index is 13.7. The molecule has 4 rings (SSSR count). The van der Waals surface area contributed by atoms with E-state index in [1.54, 1.807) is 0 Å². The van der Waals surface area contributed by atoms with Crippen LogP contribution in [0.2, 0.25) is 0 Å². The fourth-order valence-corrected chi connectivity index (χ4v) is 5.60. The number of aliphatic hydroxyl groups is 5. The summed E-state index contributed by atoms with van der Waals surface area (Å²) in [6, 6.07) is 2.50. The summed E-state index contributed by atoms with van der Waals surface area (Å²) < 4.78 is 0. The van der Waals surface area contributed by atoms with E-state index in [-0.39, 0.29) is 23.5 Å². The number of nitrogens with two attached hydrogens (primary N) is 1. The van der Waals surface area contributed by atoms with Crippen molar-refractivity contribution in [1.29, 1.82) is 0 Å². The minimum absolute atomic E-state index is 0. The van der Waals surface area contributed by atoms with Gasteiger partial charge in [-0.15, -0.1) is 0 Å². The lowest BCUT2D eigenvalue weighted by Crippen LogP contribution is -3.00. The van der Waals surface area contributed by atoms with Gasteiger partial charge in [-0.1, -0.05) is 12.1 Å². The SMILES string of the molecule is CN(C)[C@@H]1C(=O)C(C(N)=O)=C(O)[C@@]2(O)C(=O)C3=C(O)c4c(O)cccc4[C@@](C)(O)C3[C@H](O)C12.[Cl-]. The topological polar surface area (TPSA) is 202 Å². The minimum Gasteiger partial charge on any atom is -1.00 e. The standard InChI is InChI=1S/C22H24N2O9.ClH/c1-21(32)7-5-4-6-8(25)9(7)15(26)10-12(21)17(28)13-14(24(2)3)16(27)11(20(23)31)19(30)22(13,33)18(10)29;/h4-6,12-14,17,25-26,28,30,32-33H,1-3H3,(H2,23,31);1H/p-1/t12?,13?,14-,17-,21+,22-;/m0./s1. The number of ketones is 2. The van der Waals surface area contributed by atoms with Crippen molar-refractivity contribution in [2.45, 2.75) is 30.3 Å². The number of rotatable bonds is 2. The van der Waals surface area contributed by atoms with Crippen LogP contribution < -0.4 is 18.1 Å². The highest BCUT2D eigenvalue weighted by atomic mass is 35.5. The number of benzene rings is 1. The molecule has 1 aromatic carbocycles. The van der Waals surface area contributed by atoms with Crippen molar-refractivity contribution in [3.8, 4) is 5.75 Å². The summed E-state index contributed by atoms with van der Waals surface area (Å²) in [7, 11) is 2.80. The first-order chi connectivity index (χ1) is 15.2. The van der Waals surface area contributed by atoms with Crippen molar-refractivity contribution in [3.05, 3.63) is 46.2 Å². The van der Waals surface area contributed by atoms with E-state index in [0.29, 0.717) is 0 Å². The molecule has 0 saturated heterocycles. The Balaban J connectivity index is 0.00000324. The predicted octanol–water partition coefficient (Wildman–Crippen LogP) is -4.40. The third-order valence-corrected chi connectivity index (χ3v) is 7.03. The summed E-state index contributed by atoms with van der Waals surface area (Å²) in [5.41, 5.74) is -1.78. The van der Waals surface area contributed by atoms with Crippen molar-refractivity contribution >= 4 is 23.2 Å². The molecule has 34 heavy (non-hydrogen) atoms. The van der Waals surface area contributed by atoms with E-state index in [2.05, 4.69) is 0 Å². The van der Waals surface area contributed by atoms with Gasteiger partial charge in [0.05, 0.1) is 40.7 Å². The number of Topliss-reactive ketones (excluding diaryl/α,β-unsaturated/α-hetero) is 2. The van der Waals surface area contributed by atoms with Crippen LogP contribution in [0, 0.1) is 11.8 Å².